The number of hydrogen-bond donors (Lipinski definition) is 1. The van der Waals surface area contributed by atoms with Gasteiger partial charge in [0, 0.05) is 25.2 Å². The summed E-state index contributed by atoms with van der Waals surface area (Å²) in [5.41, 5.74) is 6.40. The highest BCUT2D eigenvalue weighted by Gasteiger charge is 2.37. The van der Waals surface area contributed by atoms with Gasteiger partial charge in [0.05, 0.1) is 6.61 Å². The molecule has 2 N–H and O–H groups in total. The molecule has 0 unspecified atom stereocenters. The minimum Gasteiger partial charge on any atom is -0.380 e. The molecule has 0 aromatic heterocycles. The molecule has 0 aliphatic heterocycles. The normalized spacial score (nSPS) is 27.9. The summed E-state index contributed by atoms with van der Waals surface area (Å²) < 4.78 is 5.66. The average Bonchev–Trinajstić information content (AvgIpc) is 2.47. The zero-order valence-electron chi connectivity index (χ0n) is 13.3. The van der Waals surface area contributed by atoms with Crippen LogP contribution in [0.2, 0.25) is 0 Å². The number of ether oxygens (including phenoxy) is 1. The third kappa shape index (κ3) is 4.73. The number of rotatable bonds is 9. The Morgan fingerprint density at radius 3 is 2.32 bits per heavy atom. The summed E-state index contributed by atoms with van der Waals surface area (Å²) in [6, 6.07) is 0. The first-order valence-electron chi connectivity index (χ1n) is 8.25. The van der Waals surface area contributed by atoms with Crippen molar-refractivity contribution in [1.82, 2.24) is 4.90 Å². The van der Waals surface area contributed by atoms with E-state index in [0.717, 1.165) is 45.2 Å². The van der Waals surface area contributed by atoms with Crippen molar-refractivity contribution in [2.75, 3.05) is 32.8 Å². The SMILES string of the molecule is CCCOCCN(CC)C1(CN)CCC(CC)CC1. The van der Waals surface area contributed by atoms with Gasteiger partial charge in [0.1, 0.15) is 0 Å². The average molecular weight is 270 g/mol. The highest BCUT2D eigenvalue weighted by atomic mass is 16.5. The van der Waals surface area contributed by atoms with Crippen molar-refractivity contribution in [2.24, 2.45) is 11.7 Å². The van der Waals surface area contributed by atoms with Gasteiger partial charge in [-0.3, -0.25) is 4.90 Å². The first kappa shape index (κ1) is 16.9. The zero-order valence-corrected chi connectivity index (χ0v) is 13.3. The van der Waals surface area contributed by atoms with E-state index >= 15 is 0 Å². The molecular weight excluding hydrogens is 236 g/mol. The molecule has 0 saturated heterocycles. The molecule has 0 amide bonds. The van der Waals surface area contributed by atoms with Crippen molar-refractivity contribution in [2.45, 2.75) is 64.8 Å². The largest absolute Gasteiger partial charge is 0.380 e. The smallest absolute Gasteiger partial charge is 0.0593 e. The lowest BCUT2D eigenvalue weighted by Crippen LogP contribution is -2.56. The standard InChI is InChI=1S/C16H34N2O/c1-4-12-19-13-11-18(6-3)16(14-17)9-7-15(5-2)8-10-16/h15H,4-14,17H2,1-3H3. The molecule has 1 rings (SSSR count). The van der Waals surface area contributed by atoms with Crippen molar-refractivity contribution < 1.29 is 4.74 Å². The van der Waals surface area contributed by atoms with Crippen molar-refractivity contribution >= 4 is 0 Å². The molecule has 0 radical (unpaired) electrons. The van der Waals surface area contributed by atoms with E-state index in [1.165, 1.54) is 32.1 Å². The number of hydrogen-bond acceptors (Lipinski definition) is 3. The van der Waals surface area contributed by atoms with E-state index in [0.29, 0.717) is 0 Å². The summed E-state index contributed by atoms with van der Waals surface area (Å²) in [6.07, 6.45) is 7.66. The molecule has 1 fully saturated rings. The van der Waals surface area contributed by atoms with E-state index in [9.17, 15) is 0 Å². The summed E-state index contributed by atoms with van der Waals surface area (Å²) in [5, 5.41) is 0. The van der Waals surface area contributed by atoms with Gasteiger partial charge in [0.15, 0.2) is 0 Å². The van der Waals surface area contributed by atoms with Crippen LogP contribution in [0.4, 0.5) is 0 Å². The minimum atomic E-state index is 0.246. The Kier molecular flexibility index (Phi) is 7.96. The minimum absolute atomic E-state index is 0.246. The van der Waals surface area contributed by atoms with Gasteiger partial charge in [0.2, 0.25) is 0 Å². The second kappa shape index (κ2) is 8.93. The topological polar surface area (TPSA) is 38.5 Å². The zero-order chi connectivity index (χ0) is 14.1. The fourth-order valence-electron chi connectivity index (χ4n) is 3.42. The van der Waals surface area contributed by atoms with E-state index in [-0.39, 0.29) is 5.54 Å². The molecule has 1 aliphatic rings. The molecule has 0 spiro atoms. The molecule has 114 valence electrons. The fourth-order valence-corrected chi connectivity index (χ4v) is 3.42. The summed E-state index contributed by atoms with van der Waals surface area (Å²) in [7, 11) is 0. The predicted molar refractivity (Wildman–Crippen MR) is 82.4 cm³/mol. The highest BCUT2D eigenvalue weighted by Crippen LogP contribution is 2.37. The van der Waals surface area contributed by atoms with Crippen LogP contribution in [0, 0.1) is 5.92 Å². The Bertz CT molecular complexity index is 225. The molecule has 1 saturated carbocycles. The van der Waals surface area contributed by atoms with Gasteiger partial charge in [0.25, 0.3) is 0 Å². The second-order valence-corrected chi connectivity index (χ2v) is 5.97. The van der Waals surface area contributed by atoms with E-state index in [1.54, 1.807) is 0 Å². The second-order valence-electron chi connectivity index (χ2n) is 5.97. The van der Waals surface area contributed by atoms with Crippen LogP contribution in [0.25, 0.3) is 0 Å². The summed E-state index contributed by atoms with van der Waals surface area (Å²) >= 11 is 0. The van der Waals surface area contributed by atoms with Crippen LogP contribution in [-0.2, 0) is 4.74 Å². The van der Waals surface area contributed by atoms with Crippen LogP contribution < -0.4 is 5.73 Å². The third-order valence-corrected chi connectivity index (χ3v) is 4.90. The third-order valence-electron chi connectivity index (χ3n) is 4.90. The van der Waals surface area contributed by atoms with Gasteiger partial charge in [-0.05, 0) is 44.6 Å². The van der Waals surface area contributed by atoms with Gasteiger partial charge < -0.3 is 10.5 Å². The maximum absolute atomic E-state index is 6.15. The molecule has 0 atom stereocenters. The van der Waals surface area contributed by atoms with Gasteiger partial charge in [-0.2, -0.15) is 0 Å². The number of likely N-dealkylation sites (N-methyl/N-ethyl adjacent to an activating group) is 1. The Morgan fingerprint density at radius 2 is 1.84 bits per heavy atom. The van der Waals surface area contributed by atoms with Crippen LogP contribution in [0.15, 0.2) is 0 Å². The fraction of sp³-hybridized carbons (Fsp3) is 1.00. The Balaban J connectivity index is 2.50. The highest BCUT2D eigenvalue weighted by molar-refractivity contribution is 4.95. The molecule has 0 aromatic rings. The van der Waals surface area contributed by atoms with Crippen LogP contribution in [0.1, 0.15) is 59.3 Å². The Morgan fingerprint density at radius 1 is 1.16 bits per heavy atom. The quantitative estimate of drug-likeness (QED) is 0.655. The lowest BCUT2D eigenvalue weighted by molar-refractivity contribution is 0.0173. The Hall–Kier alpha value is -0.120. The molecule has 0 heterocycles. The summed E-state index contributed by atoms with van der Waals surface area (Å²) in [5.74, 6) is 0.926. The van der Waals surface area contributed by atoms with E-state index in [1.807, 2.05) is 0 Å². The van der Waals surface area contributed by atoms with Gasteiger partial charge in [-0.25, -0.2) is 0 Å². The Labute approximate surface area is 119 Å². The maximum atomic E-state index is 6.15. The predicted octanol–water partition coefficient (Wildman–Crippen LogP) is 3.03. The molecule has 0 bridgehead atoms. The monoisotopic (exact) mass is 270 g/mol. The van der Waals surface area contributed by atoms with Crippen molar-refractivity contribution in [3.05, 3.63) is 0 Å². The van der Waals surface area contributed by atoms with Gasteiger partial charge >= 0.3 is 0 Å². The summed E-state index contributed by atoms with van der Waals surface area (Å²) in [6.45, 7) is 11.4. The molecular formula is C16H34N2O. The first-order chi connectivity index (χ1) is 9.22. The van der Waals surface area contributed by atoms with Crippen molar-refractivity contribution in [3.8, 4) is 0 Å². The van der Waals surface area contributed by atoms with E-state index in [4.69, 9.17) is 10.5 Å². The maximum Gasteiger partial charge on any atom is 0.0593 e. The number of nitrogens with zero attached hydrogens (tertiary/aromatic N) is 1. The van der Waals surface area contributed by atoms with Crippen LogP contribution in [0.5, 0.6) is 0 Å². The molecule has 0 aromatic carbocycles. The van der Waals surface area contributed by atoms with Crippen molar-refractivity contribution in [1.29, 1.82) is 0 Å². The molecule has 3 nitrogen and oxygen atoms in total. The van der Waals surface area contributed by atoms with Gasteiger partial charge in [-0.1, -0.05) is 27.2 Å². The van der Waals surface area contributed by atoms with Crippen LogP contribution >= 0.6 is 0 Å². The van der Waals surface area contributed by atoms with Gasteiger partial charge in [-0.15, -0.1) is 0 Å². The number of nitrogens with two attached hydrogens (primary N) is 1. The lowest BCUT2D eigenvalue weighted by atomic mass is 9.74. The molecule has 3 heteroatoms. The van der Waals surface area contributed by atoms with Crippen molar-refractivity contribution in [3.63, 3.8) is 0 Å². The van der Waals surface area contributed by atoms with Crippen LogP contribution in [-0.4, -0.2) is 43.3 Å². The summed E-state index contributed by atoms with van der Waals surface area (Å²) in [4.78, 5) is 2.58. The molecule has 19 heavy (non-hydrogen) atoms. The molecule has 1 aliphatic carbocycles. The van der Waals surface area contributed by atoms with E-state index < -0.39 is 0 Å². The van der Waals surface area contributed by atoms with Crippen LogP contribution in [0.3, 0.4) is 0 Å². The first-order valence-corrected chi connectivity index (χ1v) is 8.25. The lowest BCUT2D eigenvalue weighted by Gasteiger charge is -2.47. The van der Waals surface area contributed by atoms with E-state index in [2.05, 4.69) is 25.7 Å².